The van der Waals surface area contributed by atoms with E-state index in [1.807, 2.05) is 33.8 Å². The van der Waals surface area contributed by atoms with E-state index in [1.54, 1.807) is 0 Å². The summed E-state index contributed by atoms with van der Waals surface area (Å²) in [6.07, 6.45) is 5.05. The van der Waals surface area contributed by atoms with Crippen LogP contribution in [0.25, 0.3) is 0 Å². The van der Waals surface area contributed by atoms with Gasteiger partial charge < -0.3 is 10.1 Å². The molecule has 1 fully saturated rings. The second-order valence-corrected chi connectivity index (χ2v) is 10.7. The zero-order valence-corrected chi connectivity index (χ0v) is 20.9. The number of hydrogen-bond donors (Lipinski definition) is 1. The highest BCUT2D eigenvalue weighted by Gasteiger charge is 2.34. The molecule has 1 amide bonds. The highest BCUT2D eigenvalue weighted by atomic mass is 32.2. The van der Waals surface area contributed by atoms with Crippen LogP contribution in [0.5, 0.6) is 0 Å². The lowest BCUT2D eigenvalue weighted by atomic mass is 9.97. The van der Waals surface area contributed by atoms with Gasteiger partial charge in [0.05, 0.1) is 12.0 Å². The van der Waals surface area contributed by atoms with Crippen molar-refractivity contribution < 1.29 is 22.7 Å². The molecule has 1 aliphatic rings. The summed E-state index contributed by atoms with van der Waals surface area (Å²) in [6.45, 7) is 8.94. The molecule has 1 saturated heterocycles. The number of esters is 1. The Hall–Kier alpha value is -1.93. The standard InChI is InChI=1S/C24H38N2O5S/c1-17-16-18(2)20(4)23(19(17)3)32(29,30)26-14-11-21(12-15-26)24(28)25-13-9-7-6-8-10-22(27)31-5/h16,21H,6-15H2,1-5H3,(H,25,28). The minimum absolute atomic E-state index is 0.00960. The molecule has 0 unspecified atom stereocenters. The molecule has 0 spiro atoms. The second-order valence-electron chi connectivity index (χ2n) is 8.80. The molecule has 0 radical (unpaired) electrons. The molecule has 0 atom stereocenters. The van der Waals surface area contributed by atoms with E-state index in [0.717, 1.165) is 47.9 Å². The van der Waals surface area contributed by atoms with Crippen LogP contribution in [-0.2, 0) is 24.3 Å². The third-order valence-corrected chi connectivity index (χ3v) is 8.73. The Morgan fingerprint density at radius 2 is 1.56 bits per heavy atom. The maximum absolute atomic E-state index is 13.4. The molecular formula is C24H38N2O5S. The van der Waals surface area contributed by atoms with Crippen molar-refractivity contribution in [3.8, 4) is 0 Å². The Labute approximate surface area is 193 Å². The maximum atomic E-state index is 13.4. The Bertz CT molecular complexity index is 893. The first kappa shape index (κ1) is 26.3. The van der Waals surface area contributed by atoms with Crippen molar-refractivity contribution in [3.63, 3.8) is 0 Å². The number of unbranched alkanes of at least 4 members (excludes halogenated alkanes) is 3. The summed E-state index contributed by atoms with van der Waals surface area (Å²) in [7, 11) is -2.19. The predicted molar refractivity (Wildman–Crippen MR) is 125 cm³/mol. The van der Waals surface area contributed by atoms with Crippen LogP contribution in [0.15, 0.2) is 11.0 Å². The van der Waals surface area contributed by atoms with Crippen LogP contribution in [-0.4, -0.2) is 51.3 Å². The fraction of sp³-hybridized carbons (Fsp3) is 0.667. The molecule has 2 rings (SSSR count). The second kappa shape index (κ2) is 11.8. The molecule has 0 saturated carbocycles. The third kappa shape index (κ3) is 6.54. The summed E-state index contributed by atoms with van der Waals surface area (Å²) >= 11 is 0. The number of methoxy groups -OCH3 is 1. The number of nitrogens with one attached hydrogen (secondary N) is 1. The van der Waals surface area contributed by atoms with Gasteiger partial charge in [-0.05, 0) is 75.6 Å². The van der Waals surface area contributed by atoms with Gasteiger partial charge >= 0.3 is 5.97 Å². The average molecular weight is 467 g/mol. The fourth-order valence-electron chi connectivity index (χ4n) is 4.26. The van der Waals surface area contributed by atoms with E-state index in [9.17, 15) is 18.0 Å². The van der Waals surface area contributed by atoms with Gasteiger partial charge in [-0.1, -0.05) is 18.9 Å². The number of ether oxygens (including phenoxy) is 1. The minimum Gasteiger partial charge on any atom is -0.469 e. The lowest BCUT2D eigenvalue weighted by Gasteiger charge is -2.31. The highest BCUT2D eigenvalue weighted by molar-refractivity contribution is 7.89. The van der Waals surface area contributed by atoms with E-state index in [4.69, 9.17) is 0 Å². The van der Waals surface area contributed by atoms with Gasteiger partial charge in [0.25, 0.3) is 0 Å². The number of amides is 1. The van der Waals surface area contributed by atoms with E-state index in [-0.39, 0.29) is 17.8 Å². The molecule has 180 valence electrons. The first-order valence-electron chi connectivity index (χ1n) is 11.5. The normalized spacial score (nSPS) is 15.5. The number of hydrogen-bond acceptors (Lipinski definition) is 5. The molecule has 1 aromatic carbocycles. The van der Waals surface area contributed by atoms with Gasteiger partial charge in [-0.15, -0.1) is 0 Å². The van der Waals surface area contributed by atoms with Gasteiger partial charge in [0.15, 0.2) is 0 Å². The van der Waals surface area contributed by atoms with Gasteiger partial charge in [0.2, 0.25) is 15.9 Å². The van der Waals surface area contributed by atoms with Crippen molar-refractivity contribution >= 4 is 21.9 Å². The van der Waals surface area contributed by atoms with Crippen molar-refractivity contribution in [2.75, 3.05) is 26.7 Å². The summed E-state index contributed by atoms with van der Waals surface area (Å²) in [6, 6.07) is 2.03. The molecule has 8 heteroatoms. The summed E-state index contributed by atoms with van der Waals surface area (Å²) < 4.78 is 32.9. The lowest BCUT2D eigenvalue weighted by molar-refractivity contribution is -0.140. The van der Waals surface area contributed by atoms with E-state index < -0.39 is 10.0 Å². The number of sulfonamides is 1. The molecule has 0 aromatic heterocycles. The topological polar surface area (TPSA) is 92.8 Å². The summed E-state index contributed by atoms with van der Waals surface area (Å²) in [5, 5.41) is 2.98. The first-order chi connectivity index (χ1) is 15.1. The Balaban J connectivity index is 1.82. The monoisotopic (exact) mass is 466 g/mol. The van der Waals surface area contributed by atoms with Crippen molar-refractivity contribution in [2.24, 2.45) is 5.92 Å². The van der Waals surface area contributed by atoms with E-state index in [0.29, 0.717) is 43.8 Å². The van der Waals surface area contributed by atoms with Crippen LogP contribution >= 0.6 is 0 Å². The smallest absolute Gasteiger partial charge is 0.305 e. The van der Waals surface area contributed by atoms with Crippen molar-refractivity contribution in [3.05, 3.63) is 28.3 Å². The molecule has 7 nitrogen and oxygen atoms in total. The summed E-state index contributed by atoms with van der Waals surface area (Å²) in [5.74, 6) is -0.327. The van der Waals surface area contributed by atoms with Crippen LogP contribution in [0.1, 0.15) is 67.2 Å². The molecule has 1 heterocycles. The first-order valence-corrected chi connectivity index (χ1v) is 13.0. The molecule has 1 N–H and O–H groups in total. The molecule has 0 aliphatic carbocycles. The van der Waals surface area contributed by atoms with Gasteiger partial charge in [0.1, 0.15) is 0 Å². The highest BCUT2D eigenvalue weighted by Crippen LogP contribution is 2.31. The summed E-state index contributed by atoms with van der Waals surface area (Å²) in [4.78, 5) is 24.0. The van der Waals surface area contributed by atoms with Crippen LogP contribution < -0.4 is 5.32 Å². The number of aryl methyl sites for hydroxylation is 2. The van der Waals surface area contributed by atoms with Crippen LogP contribution in [0, 0.1) is 33.6 Å². The van der Waals surface area contributed by atoms with Crippen molar-refractivity contribution in [1.82, 2.24) is 9.62 Å². The molecule has 1 aromatic rings. The number of nitrogens with zero attached hydrogens (tertiary/aromatic N) is 1. The van der Waals surface area contributed by atoms with Gasteiger partial charge in [-0.25, -0.2) is 8.42 Å². The third-order valence-electron chi connectivity index (χ3n) is 6.55. The maximum Gasteiger partial charge on any atom is 0.305 e. The quantitative estimate of drug-likeness (QED) is 0.420. The van der Waals surface area contributed by atoms with Crippen LogP contribution in [0.4, 0.5) is 0 Å². The van der Waals surface area contributed by atoms with E-state index in [2.05, 4.69) is 10.1 Å². The Morgan fingerprint density at radius 1 is 1.00 bits per heavy atom. The largest absolute Gasteiger partial charge is 0.469 e. The Kier molecular flexibility index (Phi) is 9.70. The van der Waals surface area contributed by atoms with Gasteiger partial charge in [0, 0.05) is 32.0 Å². The number of rotatable bonds is 10. The minimum atomic E-state index is -3.59. The number of piperidine rings is 1. The zero-order valence-electron chi connectivity index (χ0n) is 20.1. The predicted octanol–water partition coefficient (Wildman–Crippen LogP) is 3.56. The molecule has 1 aliphatic heterocycles. The molecule has 32 heavy (non-hydrogen) atoms. The number of benzene rings is 1. The van der Waals surface area contributed by atoms with Crippen LogP contribution in [0.2, 0.25) is 0 Å². The number of carbonyl (C=O) groups excluding carboxylic acids is 2. The average Bonchev–Trinajstić information content (AvgIpc) is 2.76. The van der Waals surface area contributed by atoms with Crippen molar-refractivity contribution in [1.29, 1.82) is 0 Å². The SMILES string of the molecule is COC(=O)CCCCCCNC(=O)C1CCN(S(=O)(=O)c2c(C)c(C)cc(C)c2C)CC1. The van der Waals surface area contributed by atoms with Gasteiger partial charge in [-0.3, -0.25) is 9.59 Å². The van der Waals surface area contributed by atoms with E-state index >= 15 is 0 Å². The fourth-order valence-corrected chi connectivity index (χ4v) is 6.31. The molecular weight excluding hydrogens is 428 g/mol. The molecule has 0 bridgehead atoms. The van der Waals surface area contributed by atoms with Crippen LogP contribution in [0.3, 0.4) is 0 Å². The zero-order chi connectivity index (χ0) is 23.9. The summed E-state index contributed by atoms with van der Waals surface area (Å²) in [5.41, 5.74) is 3.57. The van der Waals surface area contributed by atoms with Gasteiger partial charge in [-0.2, -0.15) is 4.31 Å². The van der Waals surface area contributed by atoms with E-state index in [1.165, 1.54) is 11.4 Å². The number of carbonyl (C=O) groups is 2. The lowest BCUT2D eigenvalue weighted by Crippen LogP contribution is -2.43. The Morgan fingerprint density at radius 3 is 2.12 bits per heavy atom. The van der Waals surface area contributed by atoms with Crippen molar-refractivity contribution in [2.45, 2.75) is 77.5 Å².